The van der Waals surface area contributed by atoms with Gasteiger partial charge in [-0.3, -0.25) is 15.1 Å². The molecule has 0 saturated heterocycles. The van der Waals surface area contributed by atoms with Gasteiger partial charge in [-0.2, -0.15) is 18.4 Å². The summed E-state index contributed by atoms with van der Waals surface area (Å²) in [7, 11) is -4.11. The summed E-state index contributed by atoms with van der Waals surface area (Å²) in [6.45, 7) is 1.65. The van der Waals surface area contributed by atoms with E-state index in [1.54, 1.807) is 19.1 Å². The molecule has 3 rings (SSSR count). The first kappa shape index (κ1) is 25.6. The van der Waals surface area contributed by atoms with Crippen molar-refractivity contribution >= 4 is 15.7 Å². The van der Waals surface area contributed by atoms with Crippen LogP contribution in [0.4, 0.5) is 17.6 Å². The number of sulfone groups is 1. The first-order valence-electron chi connectivity index (χ1n) is 10.3. The maximum Gasteiger partial charge on any atom is 0.407 e. The lowest BCUT2D eigenvalue weighted by molar-refractivity contribution is -0.160. The van der Waals surface area contributed by atoms with Crippen molar-refractivity contribution in [3.63, 3.8) is 0 Å². The second kappa shape index (κ2) is 9.68. The first-order valence-corrected chi connectivity index (χ1v) is 12.1. The van der Waals surface area contributed by atoms with Gasteiger partial charge in [-0.05, 0) is 49.6 Å². The lowest BCUT2D eigenvalue weighted by atomic mass is 10.0. The third kappa shape index (κ3) is 6.74. The number of aromatic nitrogens is 1. The van der Waals surface area contributed by atoms with E-state index < -0.39 is 62.4 Å². The fourth-order valence-electron chi connectivity index (χ4n) is 3.37. The summed E-state index contributed by atoms with van der Waals surface area (Å²) in [4.78, 5) is 16.9. The summed E-state index contributed by atoms with van der Waals surface area (Å²) in [6, 6.07) is 5.77. The van der Waals surface area contributed by atoms with Crippen LogP contribution in [-0.2, 0) is 20.4 Å². The number of nitrogens with one attached hydrogen (secondary N) is 2. The molecule has 12 heteroatoms. The predicted molar refractivity (Wildman–Crippen MR) is 114 cm³/mol. The van der Waals surface area contributed by atoms with Crippen LogP contribution >= 0.6 is 0 Å². The van der Waals surface area contributed by atoms with Gasteiger partial charge in [-0.15, -0.1) is 0 Å². The highest BCUT2D eigenvalue weighted by Crippen LogP contribution is 2.35. The van der Waals surface area contributed by atoms with Crippen LogP contribution in [0.3, 0.4) is 0 Å². The summed E-state index contributed by atoms with van der Waals surface area (Å²) in [5, 5.41) is 13.7. The molecule has 2 N–H and O–H groups in total. The highest BCUT2D eigenvalue weighted by atomic mass is 32.2. The molecule has 0 spiro atoms. The molecule has 0 bridgehead atoms. The average molecular weight is 499 g/mol. The molecule has 1 fully saturated rings. The maximum atomic E-state index is 13.9. The number of nitriles is 1. The number of halogens is 4. The molecule has 2 aromatic rings. The summed E-state index contributed by atoms with van der Waals surface area (Å²) >= 11 is 0. The van der Waals surface area contributed by atoms with Gasteiger partial charge in [-0.25, -0.2) is 12.8 Å². The van der Waals surface area contributed by atoms with E-state index in [9.17, 15) is 36.0 Å². The van der Waals surface area contributed by atoms with E-state index in [1.165, 1.54) is 6.07 Å². The lowest BCUT2D eigenvalue weighted by Gasteiger charge is -2.28. The molecule has 1 heterocycles. The molecule has 0 aliphatic heterocycles. The Morgan fingerprint density at radius 3 is 2.38 bits per heavy atom. The predicted octanol–water partition coefficient (Wildman–Crippen LogP) is 2.88. The van der Waals surface area contributed by atoms with Crippen molar-refractivity contribution in [2.75, 3.05) is 5.75 Å². The molecule has 1 aliphatic rings. The van der Waals surface area contributed by atoms with Crippen LogP contribution in [0.2, 0.25) is 0 Å². The van der Waals surface area contributed by atoms with Gasteiger partial charge >= 0.3 is 6.18 Å². The van der Waals surface area contributed by atoms with E-state index in [1.807, 2.05) is 6.07 Å². The largest absolute Gasteiger partial charge is 0.407 e. The van der Waals surface area contributed by atoms with Crippen molar-refractivity contribution in [1.82, 2.24) is 15.6 Å². The third-order valence-corrected chi connectivity index (χ3v) is 6.85. The number of carbonyl (C=O) groups excluding carboxylic acids is 1. The van der Waals surface area contributed by atoms with Gasteiger partial charge in [0.1, 0.15) is 23.4 Å². The standard InChI is InChI=1S/C22H22F4N4O3S/c1-14-3-2-4-17(28-14)11-34(32,33)12-18(20(31)30-21(13-27)9-10-21)29-19(22(24,25)26)15-5-7-16(23)8-6-15/h2-8,18-19,29H,9-12H2,1H3,(H,30,31)/t18-,19-/m0/s1. The summed E-state index contributed by atoms with van der Waals surface area (Å²) in [6.07, 6.45) is -4.31. The molecule has 7 nitrogen and oxygen atoms in total. The van der Waals surface area contributed by atoms with Crippen molar-refractivity contribution in [3.05, 3.63) is 65.2 Å². The minimum Gasteiger partial charge on any atom is -0.336 e. The highest BCUT2D eigenvalue weighted by Gasteiger charge is 2.48. The van der Waals surface area contributed by atoms with E-state index in [-0.39, 0.29) is 5.69 Å². The smallest absolute Gasteiger partial charge is 0.336 e. The summed E-state index contributed by atoms with van der Waals surface area (Å²) in [5.41, 5.74) is -0.882. The van der Waals surface area contributed by atoms with Crippen LogP contribution in [0.5, 0.6) is 0 Å². The maximum absolute atomic E-state index is 13.9. The first-order chi connectivity index (χ1) is 15.8. The fourth-order valence-corrected chi connectivity index (χ4v) is 4.85. The zero-order valence-electron chi connectivity index (χ0n) is 18.1. The Labute approximate surface area is 194 Å². The molecule has 182 valence electrons. The Kier molecular flexibility index (Phi) is 7.28. The normalized spacial score (nSPS) is 16.8. The van der Waals surface area contributed by atoms with Gasteiger partial charge in [0.15, 0.2) is 9.84 Å². The van der Waals surface area contributed by atoms with E-state index in [0.29, 0.717) is 18.5 Å². The van der Waals surface area contributed by atoms with Gasteiger partial charge in [0.25, 0.3) is 0 Å². The number of nitrogens with zero attached hydrogens (tertiary/aromatic N) is 2. The molecule has 1 saturated carbocycles. The second-order valence-electron chi connectivity index (χ2n) is 8.25. The minimum atomic E-state index is -4.93. The van der Waals surface area contributed by atoms with Gasteiger partial charge in [-0.1, -0.05) is 18.2 Å². The van der Waals surface area contributed by atoms with E-state index in [2.05, 4.69) is 15.6 Å². The van der Waals surface area contributed by atoms with Crippen molar-refractivity contribution in [2.45, 2.75) is 49.3 Å². The van der Waals surface area contributed by atoms with Gasteiger partial charge in [0, 0.05) is 5.69 Å². The van der Waals surface area contributed by atoms with Crippen LogP contribution in [0.1, 0.15) is 35.8 Å². The lowest BCUT2D eigenvalue weighted by Crippen LogP contribution is -2.54. The van der Waals surface area contributed by atoms with Crippen molar-refractivity contribution in [3.8, 4) is 6.07 Å². The Morgan fingerprint density at radius 2 is 1.85 bits per heavy atom. The van der Waals surface area contributed by atoms with E-state index in [4.69, 9.17) is 0 Å². The number of alkyl halides is 3. The van der Waals surface area contributed by atoms with Crippen LogP contribution in [0, 0.1) is 24.1 Å². The Morgan fingerprint density at radius 1 is 1.21 bits per heavy atom. The van der Waals surface area contributed by atoms with E-state index >= 15 is 0 Å². The molecular formula is C22H22F4N4O3S. The highest BCUT2D eigenvalue weighted by molar-refractivity contribution is 7.90. The molecule has 1 aromatic carbocycles. The number of rotatable bonds is 9. The monoisotopic (exact) mass is 498 g/mol. The topological polar surface area (TPSA) is 112 Å². The molecule has 1 aliphatic carbocycles. The summed E-state index contributed by atoms with van der Waals surface area (Å²) < 4.78 is 80.5. The summed E-state index contributed by atoms with van der Waals surface area (Å²) in [5.74, 6) is -3.35. The number of pyridine rings is 1. The molecule has 0 unspecified atom stereocenters. The molecule has 34 heavy (non-hydrogen) atoms. The number of amides is 1. The molecule has 2 atom stereocenters. The van der Waals surface area contributed by atoms with Crippen molar-refractivity contribution in [2.24, 2.45) is 0 Å². The zero-order chi connectivity index (χ0) is 25.1. The van der Waals surface area contributed by atoms with Gasteiger partial charge in [0.05, 0.1) is 23.3 Å². The zero-order valence-corrected chi connectivity index (χ0v) is 18.9. The molecule has 1 amide bonds. The quantitative estimate of drug-likeness (QED) is 0.515. The number of hydrogen-bond donors (Lipinski definition) is 2. The Hall–Kier alpha value is -3.04. The Bertz CT molecular complexity index is 1190. The third-order valence-electron chi connectivity index (χ3n) is 5.28. The van der Waals surface area contributed by atoms with E-state index in [0.717, 1.165) is 24.3 Å². The molecule has 1 aromatic heterocycles. The number of carbonyl (C=O) groups is 1. The fraction of sp³-hybridized carbons (Fsp3) is 0.409. The average Bonchev–Trinajstić information content (AvgIpc) is 3.50. The van der Waals surface area contributed by atoms with Crippen molar-refractivity contribution < 1.29 is 30.8 Å². The number of benzene rings is 1. The van der Waals surface area contributed by atoms with Gasteiger partial charge in [0.2, 0.25) is 5.91 Å². The van der Waals surface area contributed by atoms with Gasteiger partial charge < -0.3 is 5.32 Å². The minimum absolute atomic E-state index is 0.181. The molecular weight excluding hydrogens is 476 g/mol. The SMILES string of the molecule is Cc1cccc(CS(=O)(=O)C[C@H](N[C@@H](c2ccc(F)cc2)C(F)(F)F)C(=O)NC2(C#N)CC2)n1. The van der Waals surface area contributed by atoms with Crippen LogP contribution in [-0.4, -0.2) is 42.8 Å². The Balaban J connectivity index is 1.89. The number of hydrogen-bond acceptors (Lipinski definition) is 6. The van der Waals surface area contributed by atoms with Crippen LogP contribution in [0.15, 0.2) is 42.5 Å². The van der Waals surface area contributed by atoms with Crippen LogP contribution < -0.4 is 10.6 Å². The number of aryl methyl sites for hydroxylation is 1. The molecule has 0 radical (unpaired) electrons. The van der Waals surface area contributed by atoms with Crippen LogP contribution in [0.25, 0.3) is 0 Å². The second-order valence-corrected chi connectivity index (χ2v) is 10.4. The van der Waals surface area contributed by atoms with Crippen molar-refractivity contribution in [1.29, 1.82) is 5.26 Å².